The van der Waals surface area contributed by atoms with Crippen molar-refractivity contribution in [2.75, 3.05) is 6.61 Å². The summed E-state index contributed by atoms with van der Waals surface area (Å²) < 4.78 is 5.86. The zero-order valence-corrected chi connectivity index (χ0v) is 18.5. The van der Waals surface area contributed by atoms with Crippen molar-refractivity contribution < 1.29 is 14.4 Å². The number of carbonyl (C=O) groups excluding carboxylic acids is 1. The first-order valence-electron chi connectivity index (χ1n) is 11.0. The molecular weight excluding hydrogens is 350 g/mol. The molecule has 1 aromatic rings. The highest BCUT2D eigenvalue weighted by Gasteiger charge is 2.47. The van der Waals surface area contributed by atoms with Gasteiger partial charge in [0.25, 0.3) is 0 Å². The molecule has 0 aliphatic carbocycles. The van der Waals surface area contributed by atoms with Crippen LogP contribution in [0.5, 0.6) is 0 Å². The zero-order valence-electron chi connectivity index (χ0n) is 18.5. The number of ether oxygens (including phenoxy) is 1. The van der Waals surface area contributed by atoms with Crippen LogP contribution >= 0.6 is 0 Å². The van der Waals surface area contributed by atoms with Gasteiger partial charge in [-0.05, 0) is 46.2 Å². The van der Waals surface area contributed by atoms with Gasteiger partial charge in [0.2, 0.25) is 0 Å². The minimum Gasteiger partial charge on any atom is -0.459 e. The van der Waals surface area contributed by atoms with E-state index < -0.39 is 0 Å². The molecule has 1 saturated heterocycles. The molecule has 0 saturated carbocycles. The maximum absolute atomic E-state index is 12.5. The third-order valence-electron chi connectivity index (χ3n) is 5.56. The molecule has 1 aromatic carbocycles. The summed E-state index contributed by atoms with van der Waals surface area (Å²) in [5.74, 6) is -0.237. The Balaban J connectivity index is 1.87. The van der Waals surface area contributed by atoms with Crippen LogP contribution in [-0.2, 0) is 9.57 Å². The number of hydroxylamine groups is 2. The molecule has 1 heterocycles. The van der Waals surface area contributed by atoms with Crippen LogP contribution in [0.1, 0.15) is 96.3 Å². The number of carbonyl (C=O) groups is 1. The van der Waals surface area contributed by atoms with E-state index in [1.165, 1.54) is 32.1 Å². The lowest BCUT2D eigenvalue weighted by atomic mass is 9.80. The number of piperidine rings is 1. The predicted molar refractivity (Wildman–Crippen MR) is 114 cm³/mol. The van der Waals surface area contributed by atoms with Crippen LogP contribution in [0.4, 0.5) is 0 Å². The summed E-state index contributed by atoms with van der Waals surface area (Å²) in [5, 5.41) is 2.15. The topological polar surface area (TPSA) is 38.8 Å². The molecule has 0 bridgehead atoms. The van der Waals surface area contributed by atoms with Crippen molar-refractivity contribution >= 4 is 5.97 Å². The fourth-order valence-electron chi connectivity index (χ4n) is 4.44. The van der Waals surface area contributed by atoms with Crippen LogP contribution in [0.15, 0.2) is 30.3 Å². The number of hydrogen-bond donors (Lipinski definition) is 0. The highest BCUT2D eigenvalue weighted by atomic mass is 16.7. The summed E-state index contributed by atoms with van der Waals surface area (Å²) in [4.78, 5) is 18.7. The number of nitrogens with zero attached hydrogens (tertiary/aromatic N) is 1. The number of esters is 1. The Morgan fingerprint density at radius 2 is 1.54 bits per heavy atom. The number of rotatable bonds is 10. The average molecular weight is 390 g/mol. The average Bonchev–Trinajstić information content (AvgIpc) is 2.62. The number of benzene rings is 1. The lowest BCUT2D eigenvalue weighted by Gasteiger charge is -2.53. The van der Waals surface area contributed by atoms with Crippen molar-refractivity contribution in [3.63, 3.8) is 0 Å². The van der Waals surface area contributed by atoms with E-state index in [-0.39, 0.29) is 23.2 Å². The van der Waals surface area contributed by atoms with Gasteiger partial charge in [-0.2, -0.15) is 5.06 Å². The first-order valence-corrected chi connectivity index (χ1v) is 11.0. The Labute approximate surface area is 171 Å². The van der Waals surface area contributed by atoms with Gasteiger partial charge < -0.3 is 4.74 Å². The van der Waals surface area contributed by atoms with Gasteiger partial charge in [-0.15, -0.1) is 0 Å². The molecule has 0 aromatic heterocycles. The molecule has 0 atom stereocenters. The van der Waals surface area contributed by atoms with Crippen molar-refractivity contribution in [1.82, 2.24) is 5.06 Å². The van der Waals surface area contributed by atoms with Gasteiger partial charge >= 0.3 is 5.97 Å². The monoisotopic (exact) mass is 389 g/mol. The van der Waals surface area contributed by atoms with Crippen molar-refractivity contribution in [3.8, 4) is 0 Å². The fraction of sp³-hybridized carbons (Fsp3) is 0.708. The lowest BCUT2D eigenvalue weighted by Crippen LogP contribution is -2.62. The van der Waals surface area contributed by atoms with Gasteiger partial charge in [0.15, 0.2) is 0 Å². The molecule has 1 fully saturated rings. The normalized spacial score (nSPS) is 19.5. The van der Waals surface area contributed by atoms with Gasteiger partial charge in [0, 0.05) is 23.9 Å². The SMILES string of the molecule is CCCCCCCCON1C(C)(C)CC(OC(=O)c2ccccc2)CC1(C)C. The summed E-state index contributed by atoms with van der Waals surface area (Å²) >= 11 is 0. The van der Waals surface area contributed by atoms with Crippen LogP contribution in [-0.4, -0.2) is 34.8 Å². The predicted octanol–water partition coefficient (Wildman–Crippen LogP) is 6.16. The second-order valence-corrected chi connectivity index (χ2v) is 9.32. The molecule has 1 aliphatic heterocycles. The minimum atomic E-state index is -0.237. The Morgan fingerprint density at radius 1 is 0.964 bits per heavy atom. The van der Waals surface area contributed by atoms with Gasteiger partial charge in [0.05, 0.1) is 12.2 Å². The van der Waals surface area contributed by atoms with Crippen LogP contribution < -0.4 is 0 Å². The van der Waals surface area contributed by atoms with E-state index in [1.807, 2.05) is 18.2 Å². The quantitative estimate of drug-likeness (QED) is 0.355. The lowest BCUT2D eigenvalue weighted by molar-refractivity contribution is -0.292. The minimum absolute atomic E-state index is 0.105. The van der Waals surface area contributed by atoms with Crippen molar-refractivity contribution in [3.05, 3.63) is 35.9 Å². The molecule has 1 aliphatic rings. The van der Waals surface area contributed by atoms with Gasteiger partial charge in [-0.1, -0.05) is 57.2 Å². The van der Waals surface area contributed by atoms with E-state index in [0.29, 0.717) is 5.56 Å². The molecular formula is C24H39NO3. The molecule has 0 amide bonds. The van der Waals surface area contributed by atoms with Crippen molar-refractivity contribution in [2.45, 2.75) is 103 Å². The summed E-state index contributed by atoms with van der Waals surface area (Å²) in [6.07, 6.45) is 8.99. The highest BCUT2D eigenvalue weighted by molar-refractivity contribution is 5.89. The van der Waals surface area contributed by atoms with Crippen LogP contribution in [0.3, 0.4) is 0 Å². The molecule has 0 radical (unpaired) electrons. The van der Waals surface area contributed by atoms with E-state index in [0.717, 1.165) is 25.9 Å². The molecule has 4 heteroatoms. The second-order valence-electron chi connectivity index (χ2n) is 9.32. The molecule has 0 unspecified atom stereocenters. The third kappa shape index (κ3) is 6.59. The van der Waals surface area contributed by atoms with Gasteiger partial charge in [-0.25, -0.2) is 4.79 Å². The molecule has 158 valence electrons. The van der Waals surface area contributed by atoms with E-state index in [4.69, 9.17) is 9.57 Å². The van der Waals surface area contributed by atoms with Crippen LogP contribution in [0.2, 0.25) is 0 Å². The summed E-state index contributed by atoms with van der Waals surface area (Å²) in [7, 11) is 0. The second kappa shape index (κ2) is 10.4. The zero-order chi connectivity index (χ0) is 20.6. The summed E-state index contributed by atoms with van der Waals surface area (Å²) in [6.45, 7) is 11.7. The van der Waals surface area contributed by atoms with Crippen molar-refractivity contribution in [1.29, 1.82) is 0 Å². The molecule has 0 N–H and O–H groups in total. The third-order valence-corrected chi connectivity index (χ3v) is 5.56. The first kappa shape index (κ1) is 22.9. The molecule has 0 spiro atoms. The molecule has 2 rings (SSSR count). The smallest absolute Gasteiger partial charge is 0.338 e. The maximum atomic E-state index is 12.5. The van der Waals surface area contributed by atoms with Gasteiger partial charge in [-0.3, -0.25) is 4.84 Å². The van der Waals surface area contributed by atoms with E-state index >= 15 is 0 Å². The largest absolute Gasteiger partial charge is 0.459 e. The van der Waals surface area contributed by atoms with Crippen LogP contribution in [0.25, 0.3) is 0 Å². The molecule has 4 nitrogen and oxygen atoms in total. The Kier molecular flexibility index (Phi) is 8.51. The Morgan fingerprint density at radius 3 is 2.14 bits per heavy atom. The first-order chi connectivity index (χ1) is 13.3. The fourth-order valence-corrected chi connectivity index (χ4v) is 4.44. The number of hydrogen-bond acceptors (Lipinski definition) is 4. The van der Waals surface area contributed by atoms with Crippen molar-refractivity contribution in [2.24, 2.45) is 0 Å². The Bertz CT molecular complexity index is 579. The standard InChI is InChI=1S/C24H39NO3/c1-6-7-8-9-10-14-17-27-25-23(2,3)18-21(19-24(25,4)5)28-22(26)20-15-12-11-13-16-20/h11-13,15-16,21H,6-10,14,17-19H2,1-5H3. The molecule has 28 heavy (non-hydrogen) atoms. The number of unbranched alkanes of at least 4 members (excludes halogenated alkanes) is 5. The highest BCUT2D eigenvalue weighted by Crippen LogP contribution is 2.40. The van der Waals surface area contributed by atoms with Crippen LogP contribution in [0, 0.1) is 0 Å². The van der Waals surface area contributed by atoms with E-state index in [1.54, 1.807) is 12.1 Å². The summed E-state index contributed by atoms with van der Waals surface area (Å²) in [5.41, 5.74) is 0.233. The Hall–Kier alpha value is -1.39. The van der Waals surface area contributed by atoms with E-state index in [2.05, 4.69) is 39.7 Å². The maximum Gasteiger partial charge on any atom is 0.338 e. The van der Waals surface area contributed by atoms with Gasteiger partial charge in [0.1, 0.15) is 6.10 Å². The summed E-state index contributed by atoms with van der Waals surface area (Å²) in [6, 6.07) is 9.24. The van der Waals surface area contributed by atoms with E-state index in [9.17, 15) is 4.79 Å².